The summed E-state index contributed by atoms with van der Waals surface area (Å²) < 4.78 is 35.9. The van der Waals surface area contributed by atoms with Crippen LogP contribution in [-0.4, -0.2) is 35.8 Å². The number of amides is 1. The van der Waals surface area contributed by atoms with Gasteiger partial charge in [-0.25, -0.2) is 0 Å². The molecule has 7 nitrogen and oxygen atoms in total. The Labute approximate surface area is 155 Å². The van der Waals surface area contributed by atoms with Crippen LogP contribution in [0, 0.1) is 5.92 Å². The van der Waals surface area contributed by atoms with Gasteiger partial charge in [0.25, 0.3) is 0 Å². The van der Waals surface area contributed by atoms with Crippen molar-refractivity contribution in [1.29, 1.82) is 0 Å². The minimum Gasteiger partial charge on any atom is -0.289 e. The summed E-state index contributed by atoms with van der Waals surface area (Å²) in [7, 11) is -4.88. The Morgan fingerprint density at radius 1 is 1.19 bits per heavy atom. The van der Waals surface area contributed by atoms with E-state index in [1.54, 1.807) is 42.5 Å². The molecule has 2 atom stereocenters. The molecule has 0 aromatic heterocycles. The predicted octanol–water partition coefficient (Wildman–Crippen LogP) is 2.27. The van der Waals surface area contributed by atoms with Gasteiger partial charge in [-0.2, -0.15) is 13.5 Å². The van der Waals surface area contributed by atoms with Crippen molar-refractivity contribution in [2.75, 3.05) is 0 Å². The molecule has 138 valence electrons. The largest absolute Gasteiger partial charge is 0.418 e. The molecule has 1 N–H and O–H groups in total. The highest BCUT2D eigenvalue weighted by Gasteiger charge is 2.41. The van der Waals surface area contributed by atoms with Crippen LogP contribution in [0.2, 0.25) is 0 Å². The van der Waals surface area contributed by atoms with Crippen molar-refractivity contribution < 1.29 is 26.8 Å². The van der Waals surface area contributed by atoms with Crippen LogP contribution in [0.25, 0.3) is 5.57 Å². The summed E-state index contributed by atoms with van der Waals surface area (Å²) in [5.74, 6) is -1.32. The summed E-state index contributed by atoms with van der Waals surface area (Å²) in [6.45, 7) is 1.13. The van der Waals surface area contributed by atoms with Gasteiger partial charge in [0.15, 0.2) is 5.78 Å². The maximum Gasteiger partial charge on any atom is 0.418 e. The van der Waals surface area contributed by atoms with Crippen molar-refractivity contribution in [2.45, 2.75) is 13.0 Å². The minimum atomic E-state index is -4.88. The molecule has 3 aliphatic rings. The van der Waals surface area contributed by atoms with Crippen molar-refractivity contribution in [3.63, 3.8) is 0 Å². The molecule has 3 aliphatic carbocycles. The van der Waals surface area contributed by atoms with Gasteiger partial charge in [0.2, 0.25) is 5.91 Å². The topological polar surface area (TPSA) is 101 Å². The Hall–Kier alpha value is -2.81. The van der Waals surface area contributed by atoms with E-state index in [1.165, 1.54) is 0 Å². The normalized spacial score (nSPS) is 22.9. The number of hydrogen-bond acceptors (Lipinski definition) is 5. The second kappa shape index (κ2) is 6.12. The van der Waals surface area contributed by atoms with Crippen molar-refractivity contribution in [2.24, 2.45) is 5.92 Å². The summed E-state index contributed by atoms with van der Waals surface area (Å²) in [6.07, 6.45) is 8.57. The quantitative estimate of drug-likeness (QED) is 0.633. The molecule has 27 heavy (non-hydrogen) atoms. The molecule has 0 bridgehead atoms. The van der Waals surface area contributed by atoms with Gasteiger partial charge in [0.05, 0.1) is 6.04 Å². The van der Waals surface area contributed by atoms with E-state index in [0.717, 1.165) is 18.1 Å². The maximum absolute atomic E-state index is 12.9. The van der Waals surface area contributed by atoms with Crippen LogP contribution in [-0.2, 0) is 19.5 Å². The van der Waals surface area contributed by atoms with E-state index in [-0.39, 0.29) is 5.78 Å². The average Bonchev–Trinajstić information content (AvgIpc) is 2.63. The van der Waals surface area contributed by atoms with E-state index in [0.29, 0.717) is 21.8 Å². The molecule has 1 amide bonds. The zero-order valence-corrected chi connectivity index (χ0v) is 15.0. The molecular weight excluding hydrogens is 370 g/mol. The minimum absolute atomic E-state index is 0.127. The Morgan fingerprint density at radius 3 is 2.56 bits per heavy atom. The standard InChI is InChI=1S/C19H15NO6S/c1-11(21)20(26-27(23,24)25)17-10-9-13-12-5-2-3-6-14(12)19(22)16-8-4-7-15(17)18(13)16/h2-10,15,17H,1H3,(H,23,24,25). The molecule has 0 saturated heterocycles. The van der Waals surface area contributed by atoms with E-state index in [4.69, 9.17) is 4.55 Å². The van der Waals surface area contributed by atoms with Crippen molar-refractivity contribution in [3.8, 4) is 0 Å². The first-order chi connectivity index (χ1) is 12.8. The summed E-state index contributed by atoms with van der Waals surface area (Å²) in [6, 6.07) is 6.42. The number of fused-ring (bicyclic) bond motifs is 2. The van der Waals surface area contributed by atoms with Gasteiger partial charge in [0.1, 0.15) is 0 Å². The molecule has 0 aliphatic heterocycles. The molecule has 0 fully saturated rings. The molecule has 1 aromatic rings. The van der Waals surface area contributed by atoms with E-state index in [9.17, 15) is 18.0 Å². The Bertz CT molecular complexity index is 1090. The summed E-state index contributed by atoms with van der Waals surface area (Å²) in [5, 5.41) is 0.610. The van der Waals surface area contributed by atoms with Gasteiger partial charge >= 0.3 is 10.4 Å². The molecule has 0 spiro atoms. The number of allylic oxidation sites excluding steroid dienone is 5. The van der Waals surface area contributed by atoms with Crippen LogP contribution in [0.1, 0.15) is 22.8 Å². The summed E-state index contributed by atoms with van der Waals surface area (Å²) in [5.41, 5.74) is 3.43. The lowest BCUT2D eigenvalue weighted by molar-refractivity contribution is -0.162. The fraction of sp³-hybridized carbons (Fsp3) is 0.158. The number of hydrogen-bond donors (Lipinski definition) is 1. The third kappa shape index (κ3) is 2.87. The number of Topliss-reactive ketones (excluding diaryl/α,β-unsaturated/α-hetero) is 1. The van der Waals surface area contributed by atoms with E-state index in [2.05, 4.69) is 4.28 Å². The Balaban J connectivity index is 1.85. The van der Waals surface area contributed by atoms with E-state index in [1.807, 2.05) is 12.1 Å². The monoisotopic (exact) mass is 385 g/mol. The van der Waals surface area contributed by atoms with Crippen LogP contribution in [0.3, 0.4) is 0 Å². The van der Waals surface area contributed by atoms with Gasteiger partial charge in [-0.15, -0.1) is 4.28 Å². The highest BCUT2D eigenvalue weighted by molar-refractivity contribution is 7.80. The first kappa shape index (κ1) is 17.6. The van der Waals surface area contributed by atoms with Crippen molar-refractivity contribution in [3.05, 3.63) is 76.9 Å². The summed E-state index contributed by atoms with van der Waals surface area (Å²) in [4.78, 5) is 24.9. The van der Waals surface area contributed by atoms with Crippen LogP contribution < -0.4 is 0 Å². The number of rotatable bonds is 3. The molecule has 0 heterocycles. The maximum atomic E-state index is 12.9. The van der Waals surface area contributed by atoms with Gasteiger partial charge in [-0.3, -0.25) is 14.1 Å². The van der Waals surface area contributed by atoms with E-state index < -0.39 is 28.3 Å². The molecule has 1 aromatic carbocycles. The van der Waals surface area contributed by atoms with Crippen molar-refractivity contribution >= 4 is 27.7 Å². The lowest BCUT2D eigenvalue weighted by atomic mass is 9.69. The third-order valence-corrected chi connectivity index (χ3v) is 5.13. The number of benzene rings is 1. The Morgan fingerprint density at radius 2 is 1.89 bits per heavy atom. The van der Waals surface area contributed by atoms with Crippen LogP contribution in [0.15, 0.2) is 65.8 Å². The second-order valence-corrected chi connectivity index (χ2v) is 7.39. The molecule has 2 unspecified atom stereocenters. The van der Waals surface area contributed by atoms with Gasteiger partial charge < -0.3 is 0 Å². The zero-order valence-electron chi connectivity index (χ0n) is 14.2. The molecular formula is C19H15NO6S. The van der Waals surface area contributed by atoms with Crippen LogP contribution >= 0.6 is 0 Å². The number of nitrogens with zero attached hydrogens (tertiary/aromatic N) is 1. The predicted molar refractivity (Wildman–Crippen MR) is 96.5 cm³/mol. The zero-order chi connectivity index (χ0) is 19.3. The first-order valence-electron chi connectivity index (χ1n) is 8.20. The molecule has 0 radical (unpaired) electrons. The first-order valence-corrected chi connectivity index (χ1v) is 9.56. The molecule has 8 heteroatoms. The second-order valence-electron chi connectivity index (χ2n) is 6.39. The average molecular weight is 385 g/mol. The highest BCUT2D eigenvalue weighted by atomic mass is 32.3. The Kier molecular flexibility index (Phi) is 3.99. The number of carbonyl (C=O) groups excluding carboxylic acids is 2. The fourth-order valence-electron chi connectivity index (χ4n) is 3.78. The van der Waals surface area contributed by atoms with Gasteiger partial charge in [-0.1, -0.05) is 54.6 Å². The van der Waals surface area contributed by atoms with Gasteiger partial charge in [0, 0.05) is 24.0 Å². The van der Waals surface area contributed by atoms with Crippen molar-refractivity contribution in [1.82, 2.24) is 5.06 Å². The third-order valence-electron chi connectivity index (χ3n) is 4.79. The lowest BCUT2D eigenvalue weighted by Crippen LogP contribution is -2.45. The number of ketones is 1. The molecule has 0 saturated carbocycles. The van der Waals surface area contributed by atoms with Gasteiger partial charge in [-0.05, 0) is 16.7 Å². The summed E-state index contributed by atoms with van der Waals surface area (Å²) >= 11 is 0. The fourth-order valence-corrected chi connectivity index (χ4v) is 4.19. The number of carbonyl (C=O) groups is 2. The molecule has 4 rings (SSSR count). The smallest absolute Gasteiger partial charge is 0.289 e. The SMILES string of the molecule is CC(=O)N(OS(=O)(=O)O)C1C=CC2=C3C(=CC=CC31)C(=O)c1ccccc12. The lowest BCUT2D eigenvalue weighted by Gasteiger charge is -2.39. The van der Waals surface area contributed by atoms with Crippen LogP contribution in [0.4, 0.5) is 0 Å². The van der Waals surface area contributed by atoms with E-state index >= 15 is 0 Å². The van der Waals surface area contributed by atoms with Crippen LogP contribution in [0.5, 0.6) is 0 Å². The number of hydroxylamine groups is 2. The highest BCUT2D eigenvalue weighted by Crippen LogP contribution is 2.45.